The Kier molecular flexibility index (Phi) is 8.02. The van der Waals surface area contributed by atoms with Crippen molar-refractivity contribution < 1.29 is 17.9 Å². The molecule has 1 amide bonds. The highest BCUT2D eigenvalue weighted by molar-refractivity contribution is 9.10. The zero-order chi connectivity index (χ0) is 16.6. The van der Waals surface area contributed by atoms with Crippen LogP contribution in [-0.2, 0) is 26.0 Å². The highest BCUT2D eigenvalue weighted by Crippen LogP contribution is 2.16. The fourth-order valence-corrected chi connectivity index (χ4v) is 3.09. The lowest BCUT2D eigenvalue weighted by molar-refractivity contribution is -0.120. The van der Waals surface area contributed by atoms with Crippen LogP contribution < -0.4 is 5.32 Å². The lowest BCUT2D eigenvalue weighted by Gasteiger charge is -2.19. The van der Waals surface area contributed by atoms with E-state index < -0.39 is 10.0 Å². The van der Waals surface area contributed by atoms with Crippen molar-refractivity contribution in [3.05, 3.63) is 34.3 Å². The van der Waals surface area contributed by atoms with Gasteiger partial charge in [0.2, 0.25) is 15.9 Å². The Bertz CT molecular complexity index is 592. The molecule has 1 rings (SSSR count). The molecule has 0 saturated carbocycles. The first-order valence-corrected chi connectivity index (χ1v) is 9.43. The highest BCUT2D eigenvalue weighted by atomic mass is 79.9. The first-order valence-electron chi connectivity index (χ1n) is 6.78. The maximum absolute atomic E-state index is 11.9. The predicted octanol–water partition coefficient (Wildman–Crippen LogP) is 1.02. The molecule has 0 aliphatic carbocycles. The van der Waals surface area contributed by atoms with E-state index in [1.54, 1.807) is 0 Å². The summed E-state index contributed by atoms with van der Waals surface area (Å²) >= 11 is 3.39. The predicted molar refractivity (Wildman–Crippen MR) is 89.1 cm³/mol. The van der Waals surface area contributed by atoms with Crippen LogP contribution in [0.5, 0.6) is 0 Å². The number of rotatable bonds is 9. The third kappa shape index (κ3) is 6.87. The Morgan fingerprint density at radius 3 is 2.59 bits per heavy atom. The van der Waals surface area contributed by atoms with Crippen LogP contribution in [0.1, 0.15) is 5.56 Å². The molecule has 0 aromatic heterocycles. The van der Waals surface area contributed by atoms with Gasteiger partial charge in [-0.05, 0) is 11.6 Å². The molecule has 0 radical (unpaired) electrons. The molecule has 0 fully saturated rings. The van der Waals surface area contributed by atoms with Gasteiger partial charge >= 0.3 is 0 Å². The molecule has 1 N–H and O–H groups in total. The highest BCUT2D eigenvalue weighted by Gasteiger charge is 2.16. The fourth-order valence-electron chi connectivity index (χ4n) is 1.83. The van der Waals surface area contributed by atoms with Gasteiger partial charge in [0.1, 0.15) is 0 Å². The summed E-state index contributed by atoms with van der Waals surface area (Å²) in [7, 11) is -1.79. The molecule has 22 heavy (non-hydrogen) atoms. The number of carbonyl (C=O) groups is 1. The van der Waals surface area contributed by atoms with Crippen LogP contribution in [0.4, 0.5) is 0 Å². The Morgan fingerprint density at radius 2 is 2.00 bits per heavy atom. The van der Waals surface area contributed by atoms with Crippen LogP contribution in [0.15, 0.2) is 28.7 Å². The van der Waals surface area contributed by atoms with Gasteiger partial charge in [0, 0.05) is 31.2 Å². The second-order valence-electron chi connectivity index (χ2n) is 4.77. The Hall–Kier alpha value is -0.960. The number of methoxy groups -OCH3 is 1. The molecule has 0 saturated heterocycles. The van der Waals surface area contributed by atoms with E-state index in [1.807, 2.05) is 24.3 Å². The third-order valence-electron chi connectivity index (χ3n) is 3.01. The van der Waals surface area contributed by atoms with E-state index in [9.17, 15) is 13.2 Å². The van der Waals surface area contributed by atoms with Gasteiger partial charge in [0.25, 0.3) is 0 Å². The van der Waals surface area contributed by atoms with Crippen molar-refractivity contribution in [2.75, 3.05) is 39.6 Å². The molecule has 0 aliphatic rings. The summed E-state index contributed by atoms with van der Waals surface area (Å²) in [4.78, 5) is 11.9. The van der Waals surface area contributed by atoms with Gasteiger partial charge in [-0.1, -0.05) is 34.1 Å². The number of nitrogens with zero attached hydrogens (tertiary/aromatic N) is 1. The summed E-state index contributed by atoms with van der Waals surface area (Å²) < 4.78 is 30.3. The van der Waals surface area contributed by atoms with Crippen molar-refractivity contribution in [3.8, 4) is 0 Å². The largest absolute Gasteiger partial charge is 0.383 e. The van der Waals surface area contributed by atoms with Crippen molar-refractivity contribution in [3.63, 3.8) is 0 Å². The van der Waals surface area contributed by atoms with Crippen LogP contribution >= 0.6 is 15.9 Å². The summed E-state index contributed by atoms with van der Waals surface area (Å²) in [5, 5.41) is 2.73. The van der Waals surface area contributed by atoms with E-state index in [2.05, 4.69) is 21.2 Å². The molecule has 6 nitrogen and oxygen atoms in total. The summed E-state index contributed by atoms with van der Waals surface area (Å²) in [6, 6.07) is 7.48. The normalized spacial score (nSPS) is 11.6. The maximum Gasteiger partial charge on any atom is 0.224 e. The molecule has 124 valence electrons. The monoisotopic (exact) mass is 392 g/mol. The average molecular weight is 393 g/mol. The lowest BCUT2D eigenvalue weighted by Crippen LogP contribution is -2.40. The summed E-state index contributed by atoms with van der Waals surface area (Å²) in [5.41, 5.74) is 0.888. The molecule has 0 bridgehead atoms. The van der Waals surface area contributed by atoms with Gasteiger partial charge in [-0.25, -0.2) is 8.42 Å². The van der Waals surface area contributed by atoms with Crippen molar-refractivity contribution in [2.45, 2.75) is 6.42 Å². The Labute approximate surface area is 140 Å². The van der Waals surface area contributed by atoms with Gasteiger partial charge in [-0.15, -0.1) is 0 Å². The van der Waals surface area contributed by atoms with E-state index in [4.69, 9.17) is 4.74 Å². The Morgan fingerprint density at radius 1 is 1.32 bits per heavy atom. The van der Waals surface area contributed by atoms with Crippen molar-refractivity contribution in [1.29, 1.82) is 0 Å². The second-order valence-corrected chi connectivity index (χ2v) is 7.61. The zero-order valence-corrected chi connectivity index (χ0v) is 15.1. The van der Waals surface area contributed by atoms with Crippen molar-refractivity contribution in [1.82, 2.24) is 9.62 Å². The smallest absolute Gasteiger partial charge is 0.224 e. The minimum absolute atomic E-state index is 0.146. The Balaban J connectivity index is 2.44. The number of nitrogens with one attached hydrogen (secondary N) is 1. The van der Waals surface area contributed by atoms with Crippen LogP contribution in [0.2, 0.25) is 0 Å². The van der Waals surface area contributed by atoms with E-state index in [0.29, 0.717) is 6.61 Å². The van der Waals surface area contributed by atoms with Gasteiger partial charge in [0.15, 0.2) is 0 Å². The van der Waals surface area contributed by atoms with E-state index >= 15 is 0 Å². The molecular weight excluding hydrogens is 372 g/mol. The number of ether oxygens (including phenoxy) is 1. The van der Waals surface area contributed by atoms with E-state index in [1.165, 1.54) is 11.4 Å². The molecule has 8 heteroatoms. The quantitative estimate of drug-likeness (QED) is 0.680. The first kappa shape index (κ1) is 19.1. The van der Waals surface area contributed by atoms with E-state index in [-0.39, 0.29) is 32.0 Å². The molecule has 0 heterocycles. The molecule has 0 atom stereocenters. The van der Waals surface area contributed by atoms with Gasteiger partial charge in [-0.3, -0.25) is 4.79 Å². The van der Waals surface area contributed by atoms with E-state index in [0.717, 1.165) is 16.3 Å². The molecule has 0 aliphatic heterocycles. The average Bonchev–Trinajstić information content (AvgIpc) is 2.43. The molecule has 1 aromatic carbocycles. The number of sulfonamides is 1. The molecule has 1 aromatic rings. The van der Waals surface area contributed by atoms with Crippen LogP contribution in [-0.4, -0.2) is 58.2 Å². The minimum Gasteiger partial charge on any atom is -0.383 e. The molecule has 0 spiro atoms. The van der Waals surface area contributed by atoms with Gasteiger partial charge < -0.3 is 10.1 Å². The number of amides is 1. The number of carbonyl (C=O) groups excluding carboxylic acids is 1. The number of hydrogen-bond donors (Lipinski definition) is 1. The van der Waals surface area contributed by atoms with Crippen LogP contribution in [0, 0.1) is 0 Å². The van der Waals surface area contributed by atoms with Crippen molar-refractivity contribution in [2.24, 2.45) is 0 Å². The summed E-state index contributed by atoms with van der Waals surface area (Å²) in [6.45, 7) is 1.08. The SMILES string of the molecule is COCCN(CCNC(=O)Cc1ccccc1Br)S(C)(=O)=O. The van der Waals surface area contributed by atoms with Gasteiger partial charge in [-0.2, -0.15) is 4.31 Å². The van der Waals surface area contributed by atoms with Gasteiger partial charge in [0.05, 0.1) is 19.3 Å². The summed E-state index contributed by atoms with van der Waals surface area (Å²) in [6.07, 6.45) is 1.39. The summed E-state index contributed by atoms with van der Waals surface area (Å²) in [5.74, 6) is -0.146. The zero-order valence-electron chi connectivity index (χ0n) is 12.7. The minimum atomic E-state index is -3.31. The number of hydrogen-bond acceptors (Lipinski definition) is 4. The van der Waals surface area contributed by atoms with Crippen LogP contribution in [0.25, 0.3) is 0 Å². The van der Waals surface area contributed by atoms with Crippen molar-refractivity contribution >= 4 is 31.9 Å². The number of halogens is 1. The van der Waals surface area contributed by atoms with Crippen LogP contribution in [0.3, 0.4) is 0 Å². The standard InChI is InChI=1S/C14H21BrN2O4S/c1-21-10-9-17(22(2,19)20)8-7-16-14(18)11-12-5-3-4-6-13(12)15/h3-6H,7-11H2,1-2H3,(H,16,18). The number of benzene rings is 1. The lowest BCUT2D eigenvalue weighted by atomic mass is 10.1. The topological polar surface area (TPSA) is 75.7 Å². The second kappa shape index (κ2) is 9.24. The molecular formula is C14H21BrN2O4S. The third-order valence-corrected chi connectivity index (χ3v) is 5.08. The maximum atomic E-state index is 11.9. The fraction of sp³-hybridized carbons (Fsp3) is 0.500. The first-order chi connectivity index (χ1) is 10.3. The molecule has 0 unspecified atom stereocenters.